The Hall–Kier alpha value is 0.210. The summed E-state index contributed by atoms with van der Waals surface area (Å²) in [6.45, 7) is 1.81. The number of nitrogens with two attached hydrogens (primary N) is 1. The summed E-state index contributed by atoms with van der Waals surface area (Å²) in [6, 6.07) is 0.0162. The maximum atomic E-state index is 9.34. The summed E-state index contributed by atoms with van der Waals surface area (Å²) in [7, 11) is 0. The van der Waals surface area contributed by atoms with Gasteiger partial charge < -0.3 is 10.8 Å². The monoisotopic (exact) mass is 151 g/mol. The van der Waals surface area contributed by atoms with Gasteiger partial charge in [0.2, 0.25) is 0 Å². The van der Waals surface area contributed by atoms with Gasteiger partial charge in [0.05, 0.1) is 5.60 Å². The van der Waals surface area contributed by atoms with Crippen molar-refractivity contribution in [1.29, 1.82) is 0 Å². The lowest BCUT2D eigenvalue weighted by atomic mass is 10.0. The minimum atomic E-state index is -0.569. The highest BCUT2D eigenvalue weighted by molar-refractivity contribution is 5.85. The minimum absolute atomic E-state index is 0. The second-order valence-electron chi connectivity index (χ2n) is 2.86. The Labute approximate surface area is 61.8 Å². The van der Waals surface area contributed by atoms with E-state index in [-0.39, 0.29) is 18.4 Å². The van der Waals surface area contributed by atoms with Crippen molar-refractivity contribution in [1.82, 2.24) is 0 Å². The average molecular weight is 152 g/mol. The average Bonchev–Trinajstić information content (AvgIpc) is 1.86. The Kier molecular flexibility index (Phi) is 2.93. The van der Waals surface area contributed by atoms with E-state index in [4.69, 9.17) is 5.73 Å². The van der Waals surface area contributed by atoms with E-state index in [0.717, 1.165) is 19.3 Å². The Morgan fingerprint density at radius 1 is 1.67 bits per heavy atom. The first-order valence-electron chi connectivity index (χ1n) is 3.11. The van der Waals surface area contributed by atoms with E-state index >= 15 is 0 Å². The summed E-state index contributed by atoms with van der Waals surface area (Å²) >= 11 is 0. The summed E-state index contributed by atoms with van der Waals surface area (Å²) in [4.78, 5) is 0. The van der Waals surface area contributed by atoms with Gasteiger partial charge in [-0.2, -0.15) is 0 Å². The van der Waals surface area contributed by atoms with Crippen LogP contribution in [-0.4, -0.2) is 16.7 Å². The van der Waals surface area contributed by atoms with Crippen LogP contribution in [0.25, 0.3) is 0 Å². The molecule has 1 aliphatic rings. The van der Waals surface area contributed by atoms with Crippen LogP contribution >= 0.6 is 12.4 Å². The molecule has 0 radical (unpaired) electrons. The van der Waals surface area contributed by atoms with Gasteiger partial charge in [0.25, 0.3) is 0 Å². The number of aliphatic hydroxyl groups is 1. The van der Waals surface area contributed by atoms with Crippen molar-refractivity contribution in [2.24, 2.45) is 5.73 Å². The Bertz CT molecular complexity index is 95.1. The SMILES string of the molecule is CC1(O)CCC[C@@H]1N.Cl. The van der Waals surface area contributed by atoms with Gasteiger partial charge in [-0.25, -0.2) is 0 Å². The van der Waals surface area contributed by atoms with Crippen LogP contribution in [0.15, 0.2) is 0 Å². The molecule has 9 heavy (non-hydrogen) atoms. The zero-order chi connectivity index (χ0) is 6.20. The third kappa shape index (κ3) is 1.81. The van der Waals surface area contributed by atoms with Crippen LogP contribution in [0.5, 0.6) is 0 Å². The van der Waals surface area contributed by atoms with E-state index in [9.17, 15) is 5.11 Å². The van der Waals surface area contributed by atoms with Crippen molar-refractivity contribution >= 4 is 12.4 Å². The lowest BCUT2D eigenvalue weighted by Crippen LogP contribution is -2.40. The highest BCUT2D eigenvalue weighted by Crippen LogP contribution is 2.27. The van der Waals surface area contributed by atoms with Crippen LogP contribution in [0.1, 0.15) is 26.2 Å². The molecule has 1 fully saturated rings. The summed E-state index contributed by atoms with van der Waals surface area (Å²) < 4.78 is 0. The van der Waals surface area contributed by atoms with Gasteiger partial charge in [-0.05, 0) is 26.2 Å². The molecule has 2 atom stereocenters. The molecular formula is C6H14ClNO. The lowest BCUT2D eigenvalue weighted by molar-refractivity contribution is 0.0518. The lowest BCUT2D eigenvalue weighted by Gasteiger charge is -2.20. The van der Waals surface area contributed by atoms with Crippen LogP contribution < -0.4 is 5.73 Å². The van der Waals surface area contributed by atoms with E-state index in [1.807, 2.05) is 6.92 Å². The standard InChI is InChI=1S/C6H13NO.ClH/c1-6(8)4-2-3-5(6)7;/h5,8H,2-4,7H2,1H3;1H/t5-,6?;/m0./s1. The molecule has 0 aromatic heterocycles. The van der Waals surface area contributed by atoms with Gasteiger partial charge in [0.1, 0.15) is 0 Å². The van der Waals surface area contributed by atoms with E-state index in [1.165, 1.54) is 0 Å². The first kappa shape index (κ1) is 9.21. The highest BCUT2D eigenvalue weighted by atomic mass is 35.5. The highest BCUT2D eigenvalue weighted by Gasteiger charge is 2.33. The molecule has 2 nitrogen and oxygen atoms in total. The largest absolute Gasteiger partial charge is 0.389 e. The van der Waals surface area contributed by atoms with Crippen molar-refractivity contribution in [3.8, 4) is 0 Å². The maximum Gasteiger partial charge on any atom is 0.0769 e. The van der Waals surface area contributed by atoms with Gasteiger partial charge in [0.15, 0.2) is 0 Å². The van der Waals surface area contributed by atoms with Crippen molar-refractivity contribution < 1.29 is 5.11 Å². The second kappa shape index (κ2) is 2.86. The minimum Gasteiger partial charge on any atom is -0.389 e. The fourth-order valence-corrected chi connectivity index (χ4v) is 1.18. The van der Waals surface area contributed by atoms with Gasteiger partial charge >= 0.3 is 0 Å². The first-order valence-corrected chi connectivity index (χ1v) is 3.11. The van der Waals surface area contributed by atoms with Crippen LogP contribution in [0.4, 0.5) is 0 Å². The molecule has 1 saturated carbocycles. The van der Waals surface area contributed by atoms with Crippen molar-refractivity contribution in [2.75, 3.05) is 0 Å². The van der Waals surface area contributed by atoms with Crippen molar-refractivity contribution in [2.45, 2.75) is 37.8 Å². The molecule has 0 aromatic rings. The molecule has 0 saturated heterocycles. The van der Waals surface area contributed by atoms with Gasteiger partial charge in [-0.15, -0.1) is 12.4 Å². The summed E-state index contributed by atoms with van der Waals surface area (Å²) in [5.74, 6) is 0. The van der Waals surface area contributed by atoms with Crippen molar-refractivity contribution in [3.05, 3.63) is 0 Å². The molecule has 3 N–H and O–H groups in total. The Balaban J connectivity index is 0.000000640. The number of hydrogen-bond donors (Lipinski definition) is 2. The molecule has 0 aliphatic heterocycles. The Morgan fingerprint density at radius 2 is 2.22 bits per heavy atom. The molecule has 0 amide bonds. The third-order valence-electron chi connectivity index (χ3n) is 2.00. The molecule has 56 valence electrons. The van der Waals surface area contributed by atoms with Crippen LogP contribution in [0.2, 0.25) is 0 Å². The smallest absolute Gasteiger partial charge is 0.0769 e. The van der Waals surface area contributed by atoms with Crippen molar-refractivity contribution in [3.63, 3.8) is 0 Å². The molecule has 1 unspecified atom stereocenters. The van der Waals surface area contributed by atoms with Crippen LogP contribution in [0.3, 0.4) is 0 Å². The summed E-state index contributed by atoms with van der Waals surface area (Å²) in [5, 5.41) is 9.34. The topological polar surface area (TPSA) is 46.2 Å². The predicted molar refractivity (Wildman–Crippen MR) is 39.7 cm³/mol. The second-order valence-corrected chi connectivity index (χ2v) is 2.86. The third-order valence-corrected chi connectivity index (χ3v) is 2.00. The van der Waals surface area contributed by atoms with Gasteiger partial charge in [-0.1, -0.05) is 0 Å². The summed E-state index contributed by atoms with van der Waals surface area (Å²) in [5.41, 5.74) is 4.99. The fourth-order valence-electron chi connectivity index (χ4n) is 1.18. The van der Waals surface area contributed by atoms with Crippen LogP contribution in [-0.2, 0) is 0 Å². The predicted octanol–water partition coefficient (Wildman–Crippen LogP) is 0.670. The molecule has 3 heteroatoms. The first-order chi connectivity index (χ1) is 3.63. The van der Waals surface area contributed by atoms with Crippen LogP contribution in [0, 0.1) is 0 Å². The number of rotatable bonds is 0. The van der Waals surface area contributed by atoms with E-state index in [1.54, 1.807) is 0 Å². The molecule has 1 aliphatic carbocycles. The molecule has 0 spiro atoms. The summed E-state index contributed by atoms with van der Waals surface area (Å²) in [6.07, 6.45) is 2.93. The fraction of sp³-hybridized carbons (Fsp3) is 1.00. The molecular weight excluding hydrogens is 138 g/mol. The molecule has 1 rings (SSSR count). The zero-order valence-electron chi connectivity index (χ0n) is 5.63. The zero-order valence-corrected chi connectivity index (χ0v) is 6.45. The molecule has 0 heterocycles. The van der Waals surface area contributed by atoms with E-state index in [0.29, 0.717) is 0 Å². The number of halogens is 1. The van der Waals surface area contributed by atoms with E-state index < -0.39 is 5.60 Å². The normalized spacial score (nSPS) is 42.3. The Morgan fingerprint density at radius 3 is 2.33 bits per heavy atom. The maximum absolute atomic E-state index is 9.34. The van der Waals surface area contributed by atoms with Gasteiger partial charge in [-0.3, -0.25) is 0 Å². The molecule has 0 aromatic carbocycles. The van der Waals surface area contributed by atoms with E-state index in [2.05, 4.69) is 0 Å². The quantitative estimate of drug-likeness (QED) is 0.535. The number of hydrogen-bond acceptors (Lipinski definition) is 2. The molecule has 0 bridgehead atoms. The van der Waals surface area contributed by atoms with Gasteiger partial charge in [0, 0.05) is 6.04 Å².